The zero-order chi connectivity index (χ0) is 16.9. The van der Waals surface area contributed by atoms with E-state index in [4.69, 9.17) is 11.6 Å². The third-order valence-corrected chi connectivity index (χ3v) is 5.35. The third-order valence-electron chi connectivity index (χ3n) is 3.27. The number of rotatable bonds is 7. The number of ketones is 1. The van der Waals surface area contributed by atoms with Gasteiger partial charge in [0.05, 0.1) is 10.6 Å². The Bertz CT molecular complexity index is 841. The molecule has 0 N–H and O–H groups in total. The minimum Gasteiger partial charge on any atom is -0.297 e. The Labute approximate surface area is 153 Å². The van der Waals surface area contributed by atoms with Gasteiger partial charge in [-0.05, 0) is 35.7 Å². The molecule has 0 unspecified atom stereocenters. The number of Topliss-reactive ketones (excluding diaryl/α,β-unsaturated/α-hetero) is 1. The Morgan fingerprint density at radius 3 is 2.75 bits per heavy atom. The van der Waals surface area contributed by atoms with Gasteiger partial charge in [-0.2, -0.15) is 0 Å². The highest BCUT2D eigenvalue weighted by Gasteiger charge is 2.16. The summed E-state index contributed by atoms with van der Waals surface area (Å²) in [5.74, 6) is 1.12. The summed E-state index contributed by atoms with van der Waals surface area (Å²) in [7, 11) is 0. The standard InChI is InChI=1S/C17H14ClN3OS2/c1-2-9-21-16(15-4-3-10-23-15)19-20-17(21)24-11-14(22)12-5-7-13(18)8-6-12/h2-8,10H,1,9,11H2. The van der Waals surface area contributed by atoms with Gasteiger partial charge in [0.15, 0.2) is 16.8 Å². The third kappa shape index (κ3) is 3.77. The van der Waals surface area contributed by atoms with E-state index in [-0.39, 0.29) is 5.78 Å². The van der Waals surface area contributed by atoms with Crippen molar-refractivity contribution in [2.24, 2.45) is 0 Å². The average molecular weight is 376 g/mol. The van der Waals surface area contributed by atoms with Crippen LogP contribution in [0.2, 0.25) is 5.02 Å². The molecule has 0 amide bonds. The van der Waals surface area contributed by atoms with Crippen molar-refractivity contribution in [1.29, 1.82) is 0 Å². The first-order valence-corrected chi connectivity index (χ1v) is 9.43. The summed E-state index contributed by atoms with van der Waals surface area (Å²) in [6.07, 6.45) is 1.80. The molecule has 0 saturated heterocycles. The van der Waals surface area contributed by atoms with E-state index < -0.39 is 0 Å². The molecule has 0 saturated carbocycles. The Kier molecular flexibility index (Phi) is 5.50. The van der Waals surface area contributed by atoms with Crippen LogP contribution in [0, 0.1) is 0 Å². The van der Waals surface area contributed by atoms with Crippen LogP contribution in [0.4, 0.5) is 0 Å². The molecule has 1 aromatic carbocycles. The van der Waals surface area contributed by atoms with E-state index in [1.54, 1.807) is 41.7 Å². The largest absolute Gasteiger partial charge is 0.297 e. The molecule has 2 heterocycles. The second kappa shape index (κ2) is 7.79. The molecule has 0 aliphatic rings. The molecule has 3 rings (SSSR count). The summed E-state index contributed by atoms with van der Waals surface area (Å²) < 4.78 is 1.97. The summed E-state index contributed by atoms with van der Waals surface area (Å²) in [4.78, 5) is 13.3. The lowest BCUT2D eigenvalue weighted by Gasteiger charge is -2.06. The van der Waals surface area contributed by atoms with Gasteiger partial charge in [0, 0.05) is 17.1 Å². The van der Waals surface area contributed by atoms with Crippen LogP contribution in [-0.2, 0) is 6.54 Å². The first-order valence-electron chi connectivity index (χ1n) is 7.18. The second-order valence-corrected chi connectivity index (χ2v) is 7.23. The highest BCUT2D eigenvalue weighted by molar-refractivity contribution is 7.99. The Morgan fingerprint density at radius 2 is 2.08 bits per heavy atom. The van der Waals surface area contributed by atoms with Gasteiger partial charge in [0.25, 0.3) is 0 Å². The predicted octanol–water partition coefficient (Wildman–Crippen LogP) is 4.82. The number of thioether (sulfide) groups is 1. The Hall–Kier alpha value is -1.89. The molecule has 0 fully saturated rings. The van der Waals surface area contributed by atoms with E-state index in [0.717, 1.165) is 10.7 Å². The van der Waals surface area contributed by atoms with Crippen LogP contribution in [0.1, 0.15) is 10.4 Å². The molecule has 24 heavy (non-hydrogen) atoms. The summed E-state index contributed by atoms with van der Waals surface area (Å²) in [6.45, 7) is 4.38. The highest BCUT2D eigenvalue weighted by Crippen LogP contribution is 2.27. The molecule has 122 valence electrons. The number of carbonyl (C=O) groups is 1. The van der Waals surface area contributed by atoms with Crippen LogP contribution in [0.5, 0.6) is 0 Å². The number of hydrogen-bond acceptors (Lipinski definition) is 5. The van der Waals surface area contributed by atoms with Crippen molar-refractivity contribution < 1.29 is 4.79 Å². The molecule has 4 nitrogen and oxygen atoms in total. The fraction of sp³-hybridized carbons (Fsp3) is 0.118. The lowest BCUT2D eigenvalue weighted by molar-refractivity contribution is 0.102. The molecule has 7 heteroatoms. The summed E-state index contributed by atoms with van der Waals surface area (Å²) in [5.41, 5.74) is 0.639. The zero-order valence-corrected chi connectivity index (χ0v) is 15.1. The van der Waals surface area contributed by atoms with Crippen LogP contribution in [0.3, 0.4) is 0 Å². The number of aromatic nitrogens is 3. The van der Waals surface area contributed by atoms with Crippen LogP contribution in [0.25, 0.3) is 10.7 Å². The van der Waals surface area contributed by atoms with E-state index >= 15 is 0 Å². The lowest BCUT2D eigenvalue weighted by atomic mass is 10.1. The Morgan fingerprint density at radius 1 is 1.29 bits per heavy atom. The maximum absolute atomic E-state index is 12.3. The van der Waals surface area contributed by atoms with Crippen LogP contribution >= 0.6 is 34.7 Å². The molecule has 0 aliphatic carbocycles. The molecule has 3 aromatic rings. The van der Waals surface area contributed by atoms with Crippen LogP contribution < -0.4 is 0 Å². The lowest BCUT2D eigenvalue weighted by Crippen LogP contribution is -2.05. The van der Waals surface area contributed by atoms with Gasteiger partial charge < -0.3 is 0 Å². The Balaban J connectivity index is 1.76. The van der Waals surface area contributed by atoms with Crippen molar-refractivity contribution in [3.63, 3.8) is 0 Å². The number of hydrogen-bond donors (Lipinski definition) is 0. The van der Waals surface area contributed by atoms with Gasteiger partial charge in [-0.15, -0.1) is 28.1 Å². The number of carbonyl (C=O) groups excluding carboxylic acids is 1. The minimum absolute atomic E-state index is 0.0301. The van der Waals surface area contributed by atoms with Gasteiger partial charge in [-0.25, -0.2) is 0 Å². The van der Waals surface area contributed by atoms with E-state index in [1.165, 1.54) is 11.8 Å². The van der Waals surface area contributed by atoms with Crippen molar-refractivity contribution in [3.05, 3.63) is 65.0 Å². The fourth-order valence-corrected chi connectivity index (χ4v) is 3.81. The molecule has 0 bridgehead atoms. The zero-order valence-electron chi connectivity index (χ0n) is 12.7. The predicted molar refractivity (Wildman–Crippen MR) is 100 cm³/mol. The second-order valence-electron chi connectivity index (χ2n) is 4.90. The molecular formula is C17H14ClN3OS2. The van der Waals surface area contributed by atoms with Crippen molar-refractivity contribution in [3.8, 4) is 10.7 Å². The van der Waals surface area contributed by atoms with E-state index in [0.29, 0.717) is 28.0 Å². The normalized spacial score (nSPS) is 10.7. The quantitative estimate of drug-likeness (QED) is 0.337. The topological polar surface area (TPSA) is 47.8 Å². The van der Waals surface area contributed by atoms with Gasteiger partial charge >= 0.3 is 0 Å². The maximum Gasteiger partial charge on any atom is 0.192 e. The van der Waals surface area contributed by atoms with Crippen LogP contribution in [0.15, 0.2) is 59.6 Å². The van der Waals surface area contributed by atoms with Gasteiger partial charge in [0.1, 0.15) is 0 Å². The van der Waals surface area contributed by atoms with Gasteiger partial charge in [-0.3, -0.25) is 9.36 Å². The first-order chi connectivity index (χ1) is 11.7. The number of halogens is 1. The number of thiophene rings is 1. The summed E-state index contributed by atoms with van der Waals surface area (Å²) >= 11 is 8.83. The van der Waals surface area contributed by atoms with Crippen LogP contribution in [-0.4, -0.2) is 26.3 Å². The van der Waals surface area contributed by atoms with E-state index in [9.17, 15) is 4.79 Å². The fourth-order valence-electron chi connectivity index (χ4n) is 2.13. The molecule has 0 spiro atoms. The van der Waals surface area contributed by atoms with Crippen molar-refractivity contribution in [2.45, 2.75) is 11.7 Å². The molecule has 0 atom stereocenters. The molecular weight excluding hydrogens is 362 g/mol. The van der Waals surface area contributed by atoms with Crippen molar-refractivity contribution >= 4 is 40.5 Å². The monoisotopic (exact) mass is 375 g/mol. The van der Waals surface area contributed by atoms with Gasteiger partial charge in [-0.1, -0.05) is 35.5 Å². The summed E-state index contributed by atoms with van der Waals surface area (Å²) in [6, 6.07) is 10.9. The number of benzene rings is 1. The molecule has 0 aliphatic heterocycles. The van der Waals surface area contributed by atoms with E-state index in [1.807, 2.05) is 22.1 Å². The number of nitrogens with zero attached hydrogens (tertiary/aromatic N) is 3. The van der Waals surface area contributed by atoms with Gasteiger partial charge in [0.2, 0.25) is 0 Å². The molecule has 0 radical (unpaired) electrons. The van der Waals surface area contributed by atoms with E-state index in [2.05, 4.69) is 16.8 Å². The van der Waals surface area contributed by atoms with Crippen molar-refractivity contribution in [1.82, 2.24) is 14.8 Å². The molecule has 2 aromatic heterocycles. The smallest absolute Gasteiger partial charge is 0.192 e. The summed E-state index contributed by atoms with van der Waals surface area (Å²) in [5, 5.41) is 11.8. The maximum atomic E-state index is 12.3. The first kappa shape index (κ1) is 17.0. The SMILES string of the molecule is C=CCn1c(SCC(=O)c2ccc(Cl)cc2)nnc1-c1cccs1. The number of allylic oxidation sites excluding steroid dienone is 1. The minimum atomic E-state index is 0.0301. The highest BCUT2D eigenvalue weighted by atomic mass is 35.5. The van der Waals surface area contributed by atoms with Crippen molar-refractivity contribution in [2.75, 3.05) is 5.75 Å². The average Bonchev–Trinajstić information content (AvgIpc) is 3.23.